The zero-order valence-electron chi connectivity index (χ0n) is 22.7. The standard InChI is InChI=1S/C29H29N5O7/c1-17-9-10-24(41-17)28(29(37)30-14-19-6-5-11-38-19)34(23-13-26-25(39-16-40-26)12-20(23)18(2)35)27(36)15-33-22-8-4-3-7-21(22)31-32-33/h3-4,7-10,12-13,19,28H,5-6,11,14-16H2,1-2H3,(H,30,37)/t19-,28-/m0/s1. The number of aryl methyl sites for hydroxylation is 1. The summed E-state index contributed by atoms with van der Waals surface area (Å²) in [5.74, 6) is 0.189. The van der Waals surface area contributed by atoms with E-state index in [-0.39, 0.29) is 48.8 Å². The maximum atomic E-state index is 14.3. The van der Waals surface area contributed by atoms with Gasteiger partial charge in [0, 0.05) is 24.8 Å². The summed E-state index contributed by atoms with van der Waals surface area (Å²) >= 11 is 0. The molecule has 4 heterocycles. The van der Waals surface area contributed by atoms with Crippen LogP contribution in [0.5, 0.6) is 11.5 Å². The van der Waals surface area contributed by atoms with Gasteiger partial charge in [0.15, 0.2) is 23.3 Å². The van der Waals surface area contributed by atoms with Gasteiger partial charge in [-0.1, -0.05) is 17.3 Å². The van der Waals surface area contributed by atoms with Gasteiger partial charge >= 0.3 is 0 Å². The highest BCUT2D eigenvalue weighted by Gasteiger charge is 2.38. The molecule has 2 aromatic heterocycles. The number of hydrogen-bond acceptors (Lipinski definition) is 9. The molecule has 0 unspecified atom stereocenters. The molecule has 0 radical (unpaired) electrons. The Balaban J connectivity index is 1.46. The lowest BCUT2D eigenvalue weighted by molar-refractivity contribution is -0.127. The Kier molecular flexibility index (Phi) is 7.14. The molecule has 2 atom stereocenters. The van der Waals surface area contributed by atoms with Crippen LogP contribution in [-0.4, -0.2) is 58.6 Å². The minimum absolute atomic E-state index is 0.0301. The van der Waals surface area contributed by atoms with Gasteiger partial charge in [-0.2, -0.15) is 0 Å². The molecular weight excluding hydrogens is 530 g/mol. The molecule has 0 saturated carbocycles. The van der Waals surface area contributed by atoms with E-state index in [4.69, 9.17) is 18.6 Å². The molecule has 1 saturated heterocycles. The van der Waals surface area contributed by atoms with Crippen molar-refractivity contribution in [1.29, 1.82) is 0 Å². The Hall–Kier alpha value is -4.71. The van der Waals surface area contributed by atoms with E-state index in [0.29, 0.717) is 34.9 Å². The normalized spacial score (nSPS) is 16.6. The van der Waals surface area contributed by atoms with Gasteiger partial charge < -0.3 is 23.9 Å². The van der Waals surface area contributed by atoms with Gasteiger partial charge in [-0.05, 0) is 57.0 Å². The predicted molar refractivity (Wildman–Crippen MR) is 146 cm³/mol. The molecule has 1 fully saturated rings. The van der Waals surface area contributed by atoms with Crippen LogP contribution >= 0.6 is 0 Å². The van der Waals surface area contributed by atoms with Crippen LogP contribution in [-0.2, 0) is 20.9 Å². The summed E-state index contributed by atoms with van der Waals surface area (Å²) in [4.78, 5) is 42.5. The first-order chi connectivity index (χ1) is 19.9. The highest BCUT2D eigenvalue weighted by molar-refractivity contribution is 6.08. The Morgan fingerprint density at radius 1 is 1.12 bits per heavy atom. The number of furan rings is 1. The van der Waals surface area contributed by atoms with Gasteiger partial charge in [0.05, 0.1) is 17.3 Å². The first kappa shape index (κ1) is 26.5. The lowest BCUT2D eigenvalue weighted by Crippen LogP contribution is -2.47. The van der Waals surface area contributed by atoms with E-state index < -0.39 is 17.9 Å². The lowest BCUT2D eigenvalue weighted by Gasteiger charge is -2.31. The average molecular weight is 560 g/mol. The molecule has 12 nitrogen and oxygen atoms in total. The summed E-state index contributed by atoms with van der Waals surface area (Å²) in [5.41, 5.74) is 1.63. The summed E-state index contributed by atoms with van der Waals surface area (Å²) in [6.07, 6.45) is 1.61. The average Bonchev–Trinajstić information content (AvgIpc) is 3.78. The molecule has 0 aliphatic carbocycles. The second-order valence-corrected chi connectivity index (χ2v) is 10.0. The van der Waals surface area contributed by atoms with Gasteiger partial charge in [0.1, 0.15) is 23.6 Å². The van der Waals surface area contributed by atoms with Crippen LogP contribution in [0.3, 0.4) is 0 Å². The molecule has 2 amide bonds. The van der Waals surface area contributed by atoms with Crippen molar-refractivity contribution in [2.24, 2.45) is 0 Å². The van der Waals surface area contributed by atoms with Crippen molar-refractivity contribution in [3.8, 4) is 11.5 Å². The number of nitrogens with zero attached hydrogens (tertiary/aromatic N) is 4. The van der Waals surface area contributed by atoms with Gasteiger partial charge in [0.25, 0.3) is 5.91 Å². The van der Waals surface area contributed by atoms with Gasteiger partial charge in [-0.3, -0.25) is 19.3 Å². The second kappa shape index (κ2) is 11.0. The fourth-order valence-electron chi connectivity index (χ4n) is 5.16. The van der Waals surface area contributed by atoms with Gasteiger partial charge in [-0.15, -0.1) is 5.10 Å². The van der Waals surface area contributed by atoms with E-state index in [9.17, 15) is 14.4 Å². The van der Waals surface area contributed by atoms with E-state index >= 15 is 0 Å². The summed E-state index contributed by atoms with van der Waals surface area (Å²) in [5, 5.41) is 11.2. The third-order valence-electron chi connectivity index (χ3n) is 7.17. The quantitative estimate of drug-likeness (QED) is 0.306. The van der Waals surface area contributed by atoms with Crippen molar-refractivity contribution >= 4 is 34.3 Å². The predicted octanol–water partition coefficient (Wildman–Crippen LogP) is 3.33. The monoisotopic (exact) mass is 559 g/mol. The van der Waals surface area contributed by atoms with Crippen LogP contribution in [0, 0.1) is 6.92 Å². The topological polar surface area (TPSA) is 138 Å². The molecule has 0 bridgehead atoms. The van der Waals surface area contributed by atoms with Gasteiger partial charge in [0.2, 0.25) is 12.7 Å². The maximum Gasteiger partial charge on any atom is 0.251 e. The largest absolute Gasteiger partial charge is 0.464 e. The van der Waals surface area contributed by atoms with Gasteiger partial charge in [-0.25, -0.2) is 4.68 Å². The molecular formula is C29H29N5O7. The van der Waals surface area contributed by atoms with Crippen LogP contribution in [0.2, 0.25) is 0 Å². The summed E-state index contributed by atoms with van der Waals surface area (Å²) < 4.78 is 24.2. The highest BCUT2D eigenvalue weighted by Crippen LogP contribution is 2.41. The van der Waals surface area contributed by atoms with E-state index in [1.165, 1.54) is 22.6 Å². The Labute approximate surface area is 235 Å². The second-order valence-electron chi connectivity index (χ2n) is 10.0. The number of nitrogens with one attached hydrogen (secondary N) is 1. The van der Waals surface area contributed by atoms with Crippen molar-refractivity contribution < 1.29 is 33.0 Å². The molecule has 1 N–H and O–H groups in total. The number of fused-ring (bicyclic) bond motifs is 2. The minimum Gasteiger partial charge on any atom is -0.464 e. The molecule has 0 spiro atoms. The van der Waals surface area contributed by atoms with Crippen molar-refractivity contribution in [3.63, 3.8) is 0 Å². The third kappa shape index (κ3) is 5.25. The maximum absolute atomic E-state index is 14.3. The zero-order valence-corrected chi connectivity index (χ0v) is 22.7. The van der Waals surface area contributed by atoms with Crippen molar-refractivity contribution in [3.05, 3.63) is 65.6 Å². The Bertz CT molecular complexity index is 1620. The zero-order chi connectivity index (χ0) is 28.5. The van der Waals surface area contributed by atoms with E-state index in [0.717, 1.165) is 12.8 Å². The fraction of sp³-hybridized carbons (Fsp3) is 0.345. The number of aromatic nitrogens is 3. The van der Waals surface area contributed by atoms with Crippen LogP contribution < -0.4 is 19.7 Å². The van der Waals surface area contributed by atoms with Crippen molar-refractivity contribution in [1.82, 2.24) is 20.3 Å². The first-order valence-corrected chi connectivity index (χ1v) is 13.4. The smallest absolute Gasteiger partial charge is 0.251 e. The van der Waals surface area contributed by atoms with Crippen LogP contribution in [0.15, 0.2) is 52.9 Å². The third-order valence-corrected chi connectivity index (χ3v) is 7.17. The molecule has 2 aromatic carbocycles. The number of carbonyl (C=O) groups is 3. The van der Waals surface area contributed by atoms with E-state index in [2.05, 4.69) is 15.6 Å². The van der Waals surface area contributed by atoms with Crippen molar-refractivity contribution in [2.45, 2.75) is 45.4 Å². The van der Waals surface area contributed by atoms with Crippen LogP contribution in [0.4, 0.5) is 5.69 Å². The summed E-state index contributed by atoms with van der Waals surface area (Å²) in [6, 6.07) is 12.4. The molecule has 4 aromatic rings. The van der Waals surface area contributed by atoms with E-state index in [1.807, 2.05) is 12.1 Å². The lowest BCUT2D eigenvalue weighted by atomic mass is 10.0. The number of ether oxygens (including phenoxy) is 3. The number of Topliss-reactive ketones (excluding diaryl/α,β-unsaturated/α-hetero) is 1. The number of hydrogen-bond donors (Lipinski definition) is 1. The summed E-state index contributed by atoms with van der Waals surface area (Å²) in [7, 11) is 0. The Morgan fingerprint density at radius 3 is 2.66 bits per heavy atom. The molecule has 2 aliphatic rings. The Morgan fingerprint density at radius 2 is 1.93 bits per heavy atom. The van der Waals surface area contributed by atoms with E-state index in [1.54, 1.807) is 37.3 Å². The molecule has 41 heavy (non-hydrogen) atoms. The fourth-order valence-corrected chi connectivity index (χ4v) is 5.16. The molecule has 6 rings (SSSR count). The van der Waals surface area contributed by atoms with Crippen molar-refractivity contribution in [2.75, 3.05) is 24.8 Å². The SMILES string of the molecule is CC(=O)c1cc2c(cc1N(C(=O)Cn1nnc3ccccc31)[C@H](C(=O)NC[C@@H]1CCCO1)c1ccc(C)o1)OCO2. The molecule has 12 heteroatoms. The minimum atomic E-state index is -1.26. The number of para-hydroxylation sites is 1. The number of benzene rings is 2. The van der Waals surface area contributed by atoms with Crippen LogP contribution in [0.25, 0.3) is 11.0 Å². The highest BCUT2D eigenvalue weighted by atomic mass is 16.7. The molecule has 2 aliphatic heterocycles. The number of amides is 2. The number of rotatable bonds is 9. The number of ketones is 1. The number of anilines is 1. The molecule has 212 valence electrons. The first-order valence-electron chi connectivity index (χ1n) is 13.4. The van der Waals surface area contributed by atoms with Crippen LogP contribution in [0.1, 0.15) is 47.7 Å². The number of carbonyl (C=O) groups excluding carboxylic acids is 3. The summed E-state index contributed by atoms with van der Waals surface area (Å²) in [6.45, 7) is 3.75.